The second kappa shape index (κ2) is 8.65. The number of hydrogen-bond donors (Lipinski definition) is 0. The number of imide groups is 1. The van der Waals surface area contributed by atoms with E-state index in [2.05, 4.69) is 84.7 Å². The van der Waals surface area contributed by atoms with Crippen molar-refractivity contribution in [3.8, 4) is 11.1 Å². The lowest BCUT2D eigenvalue weighted by molar-refractivity contribution is 0.0926. The Bertz CT molecular complexity index is 1710. The van der Waals surface area contributed by atoms with E-state index in [1.165, 1.54) is 15.3 Å². The van der Waals surface area contributed by atoms with Crippen molar-refractivity contribution in [2.75, 3.05) is 9.80 Å². The first-order chi connectivity index (χ1) is 18.9. The molecule has 0 bridgehead atoms. The number of rotatable bonds is 3. The zero-order valence-corrected chi connectivity index (χ0v) is 22.8. The Morgan fingerprint density at radius 3 is 1.51 bits per heavy atom. The summed E-state index contributed by atoms with van der Waals surface area (Å²) in [4.78, 5) is 30.7. The molecule has 5 aromatic carbocycles. The fourth-order valence-corrected chi connectivity index (χ4v) is 9.01. The van der Waals surface area contributed by atoms with Crippen molar-refractivity contribution in [1.82, 2.24) is 0 Å². The summed E-state index contributed by atoms with van der Waals surface area (Å²) >= 11 is 0. The topological polar surface area (TPSA) is 40.6 Å². The lowest BCUT2D eigenvalue weighted by Gasteiger charge is -2.41. The van der Waals surface area contributed by atoms with Gasteiger partial charge in [0.2, 0.25) is 0 Å². The lowest BCUT2D eigenvalue weighted by atomic mass is 10.0. The second-order valence-corrected chi connectivity index (χ2v) is 14.9. The van der Waals surface area contributed by atoms with Gasteiger partial charge >= 0.3 is 0 Å². The van der Waals surface area contributed by atoms with Gasteiger partial charge in [0.05, 0.1) is 16.8 Å². The molecule has 4 nitrogen and oxygen atoms in total. The minimum Gasteiger partial charge on any atom is -0.311 e. The van der Waals surface area contributed by atoms with Crippen LogP contribution in [0.5, 0.6) is 0 Å². The average Bonchev–Trinajstić information content (AvgIpc) is 3.23. The molecule has 0 aromatic heterocycles. The van der Waals surface area contributed by atoms with Crippen LogP contribution in [-0.4, -0.2) is 19.9 Å². The molecule has 188 valence electrons. The van der Waals surface area contributed by atoms with Gasteiger partial charge in [-0.3, -0.25) is 9.59 Å². The number of carbonyl (C=O) groups excluding carboxylic acids is 2. The number of anilines is 4. The first-order valence-corrected chi connectivity index (χ1v) is 16.1. The van der Waals surface area contributed by atoms with Crippen molar-refractivity contribution in [3.05, 3.63) is 132 Å². The Kier molecular flexibility index (Phi) is 5.18. The molecule has 0 saturated carbocycles. The Labute approximate surface area is 228 Å². The summed E-state index contributed by atoms with van der Waals surface area (Å²) in [5.41, 5.74) is 6.60. The third kappa shape index (κ3) is 3.51. The Morgan fingerprint density at radius 1 is 0.487 bits per heavy atom. The minimum atomic E-state index is -1.95. The molecule has 0 N–H and O–H groups in total. The van der Waals surface area contributed by atoms with E-state index >= 15 is 0 Å². The summed E-state index contributed by atoms with van der Waals surface area (Å²) in [5.74, 6) is -0.584. The van der Waals surface area contributed by atoms with E-state index in [9.17, 15) is 9.59 Å². The number of nitrogens with zero attached hydrogens (tertiary/aromatic N) is 2. The van der Waals surface area contributed by atoms with Crippen LogP contribution in [0.2, 0.25) is 13.1 Å². The summed E-state index contributed by atoms with van der Waals surface area (Å²) in [7, 11) is -1.95. The molecule has 2 heterocycles. The van der Waals surface area contributed by atoms with E-state index in [4.69, 9.17) is 0 Å². The fraction of sp³-hybridized carbons (Fsp3) is 0.0588. The highest BCUT2D eigenvalue weighted by molar-refractivity contribution is 7.02. The van der Waals surface area contributed by atoms with Crippen LogP contribution in [0.3, 0.4) is 0 Å². The van der Waals surface area contributed by atoms with Crippen LogP contribution in [-0.2, 0) is 0 Å². The molecule has 0 spiro atoms. The third-order valence-corrected chi connectivity index (χ3v) is 11.5. The summed E-state index contributed by atoms with van der Waals surface area (Å²) in [6.07, 6.45) is 0. The quantitative estimate of drug-likeness (QED) is 0.194. The van der Waals surface area contributed by atoms with E-state index in [0.717, 1.165) is 28.2 Å². The Hall–Kier alpha value is -4.74. The molecule has 0 saturated heterocycles. The summed E-state index contributed by atoms with van der Waals surface area (Å²) in [5, 5.41) is 2.71. The summed E-state index contributed by atoms with van der Waals surface area (Å²) in [6, 6.07) is 40.5. The standard InChI is InChI=1S/C34H26N2O2Si/c1-39(2)31-18-10-8-16-29(31)35(30-17-9-11-19-32(30)39)25-20-24(23-12-4-3-5-13-23)21-26(22-25)36-33(37)27-14-6-7-15-28(27)34(36)38/h3-22H,1-2H3. The molecule has 2 aliphatic rings. The monoisotopic (exact) mass is 522 g/mol. The molecule has 0 fully saturated rings. The first-order valence-electron chi connectivity index (χ1n) is 13.1. The molecular weight excluding hydrogens is 496 g/mol. The molecule has 7 rings (SSSR count). The summed E-state index contributed by atoms with van der Waals surface area (Å²) in [6.45, 7) is 4.79. The van der Waals surface area contributed by atoms with Crippen molar-refractivity contribution < 1.29 is 9.59 Å². The van der Waals surface area contributed by atoms with Gasteiger partial charge in [0, 0.05) is 17.1 Å². The van der Waals surface area contributed by atoms with E-state index < -0.39 is 8.07 Å². The summed E-state index contributed by atoms with van der Waals surface area (Å²) < 4.78 is 0. The molecule has 0 atom stereocenters. The maximum atomic E-state index is 13.5. The number of fused-ring (bicyclic) bond motifs is 3. The van der Waals surface area contributed by atoms with Gasteiger partial charge in [-0.15, -0.1) is 0 Å². The van der Waals surface area contributed by atoms with Crippen molar-refractivity contribution in [2.45, 2.75) is 13.1 Å². The highest BCUT2D eigenvalue weighted by atomic mass is 28.3. The van der Waals surface area contributed by atoms with Crippen LogP contribution in [0.1, 0.15) is 20.7 Å². The van der Waals surface area contributed by atoms with E-state index in [-0.39, 0.29) is 11.8 Å². The third-order valence-electron chi connectivity index (χ3n) is 7.96. The Morgan fingerprint density at radius 2 is 0.949 bits per heavy atom. The molecule has 5 aromatic rings. The SMILES string of the molecule is C[Si]1(C)c2ccccc2N(c2cc(-c3ccccc3)cc(N3C(=O)c4ccccc4C3=O)c2)c2ccccc21. The average molecular weight is 523 g/mol. The molecule has 0 radical (unpaired) electrons. The van der Waals surface area contributed by atoms with Crippen molar-refractivity contribution in [2.24, 2.45) is 0 Å². The van der Waals surface area contributed by atoms with Crippen LogP contribution < -0.4 is 20.2 Å². The number of carbonyl (C=O) groups is 2. The minimum absolute atomic E-state index is 0.292. The highest BCUT2D eigenvalue weighted by Gasteiger charge is 2.40. The van der Waals surface area contributed by atoms with Crippen LogP contribution >= 0.6 is 0 Å². The molecule has 39 heavy (non-hydrogen) atoms. The van der Waals surface area contributed by atoms with Gasteiger partial charge in [-0.1, -0.05) is 92.0 Å². The zero-order chi connectivity index (χ0) is 26.7. The van der Waals surface area contributed by atoms with Gasteiger partial charge in [-0.25, -0.2) is 4.90 Å². The van der Waals surface area contributed by atoms with Gasteiger partial charge in [0.25, 0.3) is 11.8 Å². The number of para-hydroxylation sites is 2. The maximum Gasteiger partial charge on any atom is 0.266 e. The van der Waals surface area contributed by atoms with Crippen LogP contribution in [0.25, 0.3) is 11.1 Å². The number of hydrogen-bond acceptors (Lipinski definition) is 3. The van der Waals surface area contributed by atoms with E-state index in [1.54, 1.807) is 24.3 Å². The Balaban J connectivity index is 1.48. The van der Waals surface area contributed by atoms with Gasteiger partial charge in [-0.2, -0.15) is 0 Å². The van der Waals surface area contributed by atoms with E-state index in [1.807, 2.05) is 30.3 Å². The largest absolute Gasteiger partial charge is 0.311 e. The highest BCUT2D eigenvalue weighted by Crippen LogP contribution is 2.42. The normalized spacial score (nSPS) is 15.1. The van der Waals surface area contributed by atoms with Gasteiger partial charge < -0.3 is 4.90 Å². The second-order valence-electron chi connectivity index (χ2n) is 10.6. The smallest absolute Gasteiger partial charge is 0.266 e. The fourth-order valence-electron chi connectivity index (χ4n) is 6.02. The van der Waals surface area contributed by atoms with Crippen molar-refractivity contribution >= 4 is 53.0 Å². The van der Waals surface area contributed by atoms with Crippen molar-refractivity contribution in [3.63, 3.8) is 0 Å². The zero-order valence-electron chi connectivity index (χ0n) is 21.8. The molecule has 2 aliphatic heterocycles. The molecule has 2 amide bonds. The predicted octanol–water partition coefficient (Wildman–Crippen LogP) is 6.76. The molecular formula is C34H26N2O2Si. The van der Waals surface area contributed by atoms with Gasteiger partial charge in [0.15, 0.2) is 0 Å². The van der Waals surface area contributed by atoms with Crippen LogP contribution in [0, 0.1) is 0 Å². The van der Waals surface area contributed by atoms with Gasteiger partial charge in [-0.05, 0) is 64.0 Å². The van der Waals surface area contributed by atoms with E-state index in [0.29, 0.717) is 16.8 Å². The molecule has 0 unspecified atom stereocenters. The van der Waals surface area contributed by atoms with Crippen molar-refractivity contribution in [1.29, 1.82) is 0 Å². The maximum absolute atomic E-state index is 13.5. The molecule has 0 aliphatic carbocycles. The number of amides is 2. The predicted molar refractivity (Wildman–Crippen MR) is 161 cm³/mol. The number of benzene rings is 5. The van der Waals surface area contributed by atoms with Crippen LogP contribution in [0.15, 0.2) is 121 Å². The first kappa shape index (κ1) is 23.4. The lowest BCUT2D eigenvalue weighted by Crippen LogP contribution is -2.58. The van der Waals surface area contributed by atoms with Gasteiger partial charge in [0.1, 0.15) is 8.07 Å². The molecule has 5 heteroatoms. The van der Waals surface area contributed by atoms with Crippen LogP contribution in [0.4, 0.5) is 22.7 Å².